The summed E-state index contributed by atoms with van der Waals surface area (Å²) in [6, 6.07) is 5.21. The average Bonchev–Trinajstić information content (AvgIpc) is 2.30. The van der Waals surface area contributed by atoms with Crippen LogP contribution < -0.4 is 4.72 Å². The van der Waals surface area contributed by atoms with Gasteiger partial charge in [-0.15, -0.1) is 0 Å². The Morgan fingerprint density at radius 3 is 2.37 bits per heavy atom. The van der Waals surface area contributed by atoms with E-state index in [9.17, 15) is 8.42 Å². The highest BCUT2D eigenvalue weighted by Crippen LogP contribution is 2.21. The fourth-order valence-corrected chi connectivity index (χ4v) is 4.00. The molecule has 0 aliphatic rings. The van der Waals surface area contributed by atoms with Crippen molar-refractivity contribution >= 4 is 26.0 Å². The monoisotopic (exact) mass is 347 g/mol. The first-order valence-corrected chi connectivity index (χ1v) is 8.91. The van der Waals surface area contributed by atoms with E-state index < -0.39 is 10.0 Å². The van der Waals surface area contributed by atoms with Crippen LogP contribution in [-0.2, 0) is 10.0 Å². The van der Waals surface area contributed by atoms with Crippen LogP contribution in [0.25, 0.3) is 0 Å². The molecule has 1 N–H and O–H groups in total. The Labute approximate surface area is 125 Å². The number of aryl methyl sites for hydroxylation is 2. The topological polar surface area (TPSA) is 46.2 Å². The molecule has 0 bridgehead atoms. The lowest BCUT2D eigenvalue weighted by Crippen LogP contribution is -2.34. The number of halogens is 1. The second kappa shape index (κ2) is 6.37. The van der Waals surface area contributed by atoms with Crippen LogP contribution >= 0.6 is 15.9 Å². The fraction of sp³-hybridized carbons (Fsp3) is 0.571. The first-order chi connectivity index (χ1) is 8.68. The lowest BCUT2D eigenvalue weighted by atomic mass is 9.91. The van der Waals surface area contributed by atoms with Gasteiger partial charge in [-0.3, -0.25) is 0 Å². The van der Waals surface area contributed by atoms with Crippen molar-refractivity contribution in [3.63, 3.8) is 0 Å². The zero-order valence-electron chi connectivity index (χ0n) is 12.0. The van der Waals surface area contributed by atoms with E-state index in [1.807, 2.05) is 19.9 Å². The van der Waals surface area contributed by atoms with Gasteiger partial charge in [-0.2, -0.15) is 0 Å². The SMILES string of the molecule is Cc1ccc(S(=O)(=O)NCC(C)(C)CCBr)cc1C. The molecule has 1 aromatic carbocycles. The first kappa shape index (κ1) is 16.7. The highest BCUT2D eigenvalue weighted by atomic mass is 79.9. The summed E-state index contributed by atoms with van der Waals surface area (Å²) >= 11 is 3.39. The predicted octanol–water partition coefficient (Wildman–Crippen LogP) is 3.39. The van der Waals surface area contributed by atoms with Gasteiger partial charge in [0.15, 0.2) is 0 Å². The van der Waals surface area contributed by atoms with E-state index in [2.05, 4.69) is 34.5 Å². The molecule has 0 aromatic heterocycles. The van der Waals surface area contributed by atoms with Gasteiger partial charge in [-0.1, -0.05) is 35.8 Å². The Morgan fingerprint density at radius 1 is 1.21 bits per heavy atom. The van der Waals surface area contributed by atoms with Crippen molar-refractivity contribution in [2.75, 3.05) is 11.9 Å². The molecule has 19 heavy (non-hydrogen) atoms. The molecule has 108 valence electrons. The van der Waals surface area contributed by atoms with Gasteiger partial charge in [-0.25, -0.2) is 13.1 Å². The Balaban J connectivity index is 2.84. The van der Waals surface area contributed by atoms with E-state index in [0.717, 1.165) is 22.9 Å². The molecule has 0 fully saturated rings. The van der Waals surface area contributed by atoms with E-state index in [1.54, 1.807) is 12.1 Å². The van der Waals surface area contributed by atoms with Gasteiger partial charge in [0.1, 0.15) is 0 Å². The Bertz CT molecular complexity index is 538. The number of hydrogen-bond donors (Lipinski definition) is 1. The van der Waals surface area contributed by atoms with Gasteiger partial charge in [0.05, 0.1) is 4.90 Å². The standard InChI is InChI=1S/C14H22BrNO2S/c1-11-5-6-13(9-12(11)2)19(17,18)16-10-14(3,4)7-8-15/h5-6,9,16H,7-8,10H2,1-4H3. The minimum atomic E-state index is -3.42. The average molecular weight is 348 g/mol. The zero-order valence-corrected chi connectivity index (χ0v) is 14.4. The van der Waals surface area contributed by atoms with Crippen molar-refractivity contribution in [3.05, 3.63) is 29.3 Å². The third-order valence-corrected chi connectivity index (χ3v) is 5.10. The molecular formula is C14H22BrNO2S. The Kier molecular flexibility index (Phi) is 5.59. The molecule has 0 atom stereocenters. The van der Waals surface area contributed by atoms with Crippen LogP contribution in [0.2, 0.25) is 0 Å². The van der Waals surface area contributed by atoms with Crippen LogP contribution in [-0.4, -0.2) is 20.3 Å². The summed E-state index contributed by atoms with van der Waals surface area (Å²) in [7, 11) is -3.42. The van der Waals surface area contributed by atoms with Crippen molar-refractivity contribution in [2.24, 2.45) is 5.41 Å². The number of alkyl halides is 1. The number of rotatable bonds is 6. The van der Waals surface area contributed by atoms with Gasteiger partial charge in [-0.05, 0) is 48.9 Å². The summed E-state index contributed by atoms with van der Waals surface area (Å²) < 4.78 is 27.1. The molecule has 5 heteroatoms. The molecule has 0 spiro atoms. The Hall–Kier alpha value is -0.390. The molecule has 0 radical (unpaired) electrons. The smallest absolute Gasteiger partial charge is 0.211 e. The van der Waals surface area contributed by atoms with Gasteiger partial charge >= 0.3 is 0 Å². The normalized spacial score (nSPS) is 12.7. The fourth-order valence-electron chi connectivity index (χ4n) is 1.60. The van der Waals surface area contributed by atoms with Crippen LogP contribution in [0.5, 0.6) is 0 Å². The highest BCUT2D eigenvalue weighted by Gasteiger charge is 2.22. The molecule has 3 nitrogen and oxygen atoms in total. The predicted molar refractivity (Wildman–Crippen MR) is 83.3 cm³/mol. The summed E-state index contributed by atoms with van der Waals surface area (Å²) in [5.74, 6) is 0. The minimum absolute atomic E-state index is 0.0592. The first-order valence-electron chi connectivity index (χ1n) is 6.31. The van der Waals surface area contributed by atoms with E-state index in [-0.39, 0.29) is 5.41 Å². The van der Waals surface area contributed by atoms with Crippen LogP contribution in [0.4, 0.5) is 0 Å². The van der Waals surface area contributed by atoms with Crippen molar-refractivity contribution in [1.82, 2.24) is 4.72 Å². The lowest BCUT2D eigenvalue weighted by molar-refractivity contribution is 0.354. The molecule has 0 aliphatic heterocycles. The van der Waals surface area contributed by atoms with Crippen molar-refractivity contribution in [2.45, 2.75) is 39.0 Å². The van der Waals surface area contributed by atoms with Crippen LogP contribution in [0.1, 0.15) is 31.4 Å². The summed E-state index contributed by atoms with van der Waals surface area (Å²) in [6.45, 7) is 8.43. The number of hydrogen-bond acceptors (Lipinski definition) is 2. The molecule has 1 aromatic rings. The van der Waals surface area contributed by atoms with Crippen molar-refractivity contribution in [1.29, 1.82) is 0 Å². The van der Waals surface area contributed by atoms with Gasteiger partial charge in [0.2, 0.25) is 10.0 Å². The van der Waals surface area contributed by atoms with E-state index in [1.165, 1.54) is 0 Å². The molecule has 0 heterocycles. The van der Waals surface area contributed by atoms with Crippen molar-refractivity contribution < 1.29 is 8.42 Å². The summed E-state index contributed by atoms with van der Waals surface area (Å²) in [5, 5.41) is 0.866. The third-order valence-electron chi connectivity index (χ3n) is 3.30. The molecule has 0 aliphatic carbocycles. The second-order valence-corrected chi connectivity index (χ2v) is 8.23. The van der Waals surface area contributed by atoms with Gasteiger partial charge in [0.25, 0.3) is 0 Å². The molecule has 0 saturated carbocycles. The second-order valence-electron chi connectivity index (χ2n) is 5.67. The maximum atomic E-state index is 12.2. The number of sulfonamides is 1. The number of benzene rings is 1. The highest BCUT2D eigenvalue weighted by molar-refractivity contribution is 9.09. The van der Waals surface area contributed by atoms with E-state index in [0.29, 0.717) is 11.4 Å². The molecule has 0 saturated heterocycles. The minimum Gasteiger partial charge on any atom is -0.211 e. The van der Waals surface area contributed by atoms with E-state index >= 15 is 0 Å². The van der Waals surface area contributed by atoms with Crippen LogP contribution in [0.3, 0.4) is 0 Å². The largest absolute Gasteiger partial charge is 0.240 e. The molecule has 1 rings (SSSR count). The Morgan fingerprint density at radius 2 is 1.84 bits per heavy atom. The van der Waals surface area contributed by atoms with Crippen LogP contribution in [0.15, 0.2) is 23.1 Å². The molecular weight excluding hydrogens is 326 g/mol. The summed E-state index contributed by atoms with van der Waals surface area (Å²) in [4.78, 5) is 0.338. The molecule has 0 amide bonds. The summed E-state index contributed by atoms with van der Waals surface area (Å²) in [6.07, 6.45) is 0.919. The molecule has 0 unspecified atom stereocenters. The van der Waals surface area contributed by atoms with Gasteiger partial charge in [0, 0.05) is 11.9 Å². The quantitative estimate of drug-likeness (QED) is 0.801. The lowest BCUT2D eigenvalue weighted by Gasteiger charge is -2.23. The third kappa shape index (κ3) is 4.89. The maximum Gasteiger partial charge on any atom is 0.240 e. The summed E-state index contributed by atoms with van der Waals surface area (Å²) in [5.41, 5.74) is 2.03. The van der Waals surface area contributed by atoms with Crippen molar-refractivity contribution in [3.8, 4) is 0 Å². The number of nitrogens with one attached hydrogen (secondary N) is 1. The zero-order chi connectivity index (χ0) is 14.7. The van der Waals surface area contributed by atoms with E-state index in [4.69, 9.17) is 0 Å². The maximum absolute atomic E-state index is 12.2. The van der Waals surface area contributed by atoms with Gasteiger partial charge < -0.3 is 0 Å². The van der Waals surface area contributed by atoms with Crippen LogP contribution in [0, 0.1) is 19.3 Å².